The first-order valence-electron chi connectivity index (χ1n) is 5.36. The number of rotatable bonds is 4. The number of carbonyl (C=O) groups excluding carboxylic acids is 2. The molecule has 0 spiro atoms. The number of nitrogens with one attached hydrogen (secondary N) is 1. The maximum atomic E-state index is 11.8. The Morgan fingerprint density at radius 2 is 1.89 bits per heavy atom. The molecule has 18 heavy (non-hydrogen) atoms. The van der Waals surface area contributed by atoms with Gasteiger partial charge in [0.15, 0.2) is 0 Å². The number of hydrogen-bond acceptors (Lipinski definition) is 3. The van der Waals surface area contributed by atoms with Crippen molar-refractivity contribution in [1.82, 2.24) is 5.32 Å². The third-order valence-corrected chi connectivity index (χ3v) is 2.48. The monoisotopic (exact) mass is 244 g/mol. The van der Waals surface area contributed by atoms with Gasteiger partial charge in [-0.2, -0.15) is 0 Å². The lowest BCUT2D eigenvalue weighted by Gasteiger charge is -2.15. The first-order chi connectivity index (χ1) is 8.68. The van der Waals surface area contributed by atoms with Crippen molar-refractivity contribution in [2.75, 3.05) is 0 Å². The smallest absolute Gasteiger partial charge is 0.255 e. The Morgan fingerprint density at radius 1 is 1.17 bits per heavy atom. The quantitative estimate of drug-likeness (QED) is 0.848. The SMILES string of the molecule is NC(=O)C(NC(=O)c1ccoc1)c1ccccc1. The van der Waals surface area contributed by atoms with Gasteiger partial charge in [0.05, 0.1) is 11.8 Å². The van der Waals surface area contributed by atoms with Gasteiger partial charge >= 0.3 is 0 Å². The summed E-state index contributed by atoms with van der Waals surface area (Å²) in [4.78, 5) is 23.2. The normalized spacial score (nSPS) is 11.8. The van der Waals surface area contributed by atoms with Crippen LogP contribution < -0.4 is 11.1 Å². The van der Waals surface area contributed by atoms with E-state index in [9.17, 15) is 9.59 Å². The zero-order chi connectivity index (χ0) is 13.0. The summed E-state index contributed by atoms with van der Waals surface area (Å²) in [5.41, 5.74) is 6.28. The standard InChI is InChI=1S/C13H12N2O3/c14-12(16)11(9-4-2-1-3-5-9)15-13(17)10-6-7-18-8-10/h1-8,11H,(H2,14,16)(H,15,17). The third-order valence-electron chi connectivity index (χ3n) is 2.48. The molecule has 2 aromatic rings. The van der Waals surface area contributed by atoms with Crippen LogP contribution in [0, 0.1) is 0 Å². The Morgan fingerprint density at radius 3 is 2.44 bits per heavy atom. The van der Waals surface area contributed by atoms with Crippen LogP contribution in [0.4, 0.5) is 0 Å². The fraction of sp³-hybridized carbons (Fsp3) is 0.0769. The molecule has 0 bridgehead atoms. The van der Waals surface area contributed by atoms with Gasteiger partial charge in [-0.25, -0.2) is 0 Å². The second-order valence-corrected chi connectivity index (χ2v) is 3.73. The maximum Gasteiger partial charge on any atom is 0.255 e. The molecule has 0 fully saturated rings. The predicted molar refractivity (Wildman–Crippen MR) is 64.6 cm³/mol. The summed E-state index contributed by atoms with van der Waals surface area (Å²) in [6, 6.07) is 9.48. The minimum atomic E-state index is -0.853. The van der Waals surface area contributed by atoms with Crippen LogP contribution in [-0.2, 0) is 4.79 Å². The van der Waals surface area contributed by atoms with Gasteiger partial charge in [0.25, 0.3) is 5.91 Å². The van der Waals surface area contributed by atoms with E-state index < -0.39 is 17.9 Å². The van der Waals surface area contributed by atoms with Crippen molar-refractivity contribution in [3.8, 4) is 0 Å². The molecule has 1 aromatic carbocycles. The van der Waals surface area contributed by atoms with Crippen LogP contribution >= 0.6 is 0 Å². The van der Waals surface area contributed by atoms with Gasteiger partial charge in [0.2, 0.25) is 5.91 Å². The van der Waals surface area contributed by atoms with Crippen LogP contribution in [0.1, 0.15) is 22.0 Å². The van der Waals surface area contributed by atoms with E-state index in [-0.39, 0.29) is 0 Å². The zero-order valence-electron chi connectivity index (χ0n) is 9.50. The van der Waals surface area contributed by atoms with E-state index in [0.717, 1.165) is 0 Å². The van der Waals surface area contributed by atoms with Crippen LogP contribution in [0.5, 0.6) is 0 Å². The molecule has 1 heterocycles. The molecule has 2 rings (SSSR count). The molecule has 1 atom stereocenters. The highest BCUT2D eigenvalue weighted by Gasteiger charge is 2.20. The van der Waals surface area contributed by atoms with Gasteiger partial charge in [-0.3, -0.25) is 9.59 Å². The van der Waals surface area contributed by atoms with E-state index in [1.807, 2.05) is 6.07 Å². The predicted octanol–water partition coefficient (Wildman–Crippen LogP) is 1.24. The highest BCUT2D eigenvalue weighted by molar-refractivity contribution is 5.97. The summed E-state index contributed by atoms with van der Waals surface area (Å²) in [5.74, 6) is -1.02. The second-order valence-electron chi connectivity index (χ2n) is 3.73. The van der Waals surface area contributed by atoms with E-state index in [1.54, 1.807) is 24.3 Å². The van der Waals surface area contributed by atoms with Gasteiger partial charge in [0.1, 0.15) is 12.3 Å². The molecule has 0 saturated carbocycles. The molecule has 0 radical (unpaired) electrons. The molecule has 0 saturated heterocycles. The molecule has 1 aromatic heterocycles. The van der Waals surface area contributed by atoms with Crippen LogP contribution in [0.3, 0.4) is 0 Å². The van der Waals surface area contributed by atoms with E-state index in [0.29, 0.717) is 11.1 Å². The number of benzene rings is 1. The molecule has 92 valence electrons. The Bertz CT molecular complexity index is 535. The van der Waals surface area contributed by atoms with Gasteiger partial charge < -0.3 is 15.5 Å². The van der Waals surface area contributed by atoms with Crippen molar-refractivity contribution in [2.45, 2.75) is 6.04 Å². The molecule has 5 nitrogen and oxygen atoms in total. The van der Waals surface area contributed by atoms with Crippen LogP contribution in [0.15, 0.2) is 53.3 Å². The summed E-state index contributed by atoms with van der Waals surface area (Å²) >= 11 is 0. The summed E-state index contributed by atoms with van der Waals surface area (Å²) in [5, 5.41) is 2.56. The molecule has 5 heteroatoms. The van der Waals surface area contributed by atoms with Crippen molar-refractivity contribution >= 4 is 11.8 Å². The average Bonchev–Trinajstić information content (AvgIpc) is 2.90. The number of furan rings is 1. The minimum Gasteiger partial charge on any atom is -0.472 e. The minimum absolute atomic E-state index is 0.345. The van der Waals surface area contributed by atoms with E-state index in [1.165, 1.54) is 18.6 Å². The molecular formula is C13H12N2O3. The molecule has 2 amide bonds. The first-order valence-corrected chi connectivity index (χ1v) is 5.36. The number of amides is 2. The summed E-state index contributed by atoms with van der Waals surface area (Å²) in [6.45, 7) is 0. The fourth-order valence-electron chi connectivity index (χ4n) is 1.57. The molecule has 0 aliphatic rings. The van der Waals surface area contributed by atoms with Crippen molar-refractivity contribution < 1.29 is 14.0 Å². The first kappa shape index (κ1) is 11.9. The molecule has 3 N–H and O–H groups in total. The van der Waals surface area contributed by atoms with Crippen molar-refractivity contribution in [3.05, 3.63) is 60.1 Å². The second kappa shape index (κ2) is 5.18. The average molecular weight is 244 g/mol. The van der Waals surface area contributed by atoms with Gasteiger partial charge in [-0.15, -0.1) is 0 Å². The van der Waals surface area contributed by atoms with E-state index in [4.69, 9.17) is 10.2 Å². The van der Waals surface area contributed by atoms with Crippen LogP contribution in [0.2, 0.25) is 0 Å². The number of primary amides is 1. The van der Waals surface area contributed by atoms with Gasteiger partial charge in [0, 0.05) is 0 Å². The van der Waals surface area contributed by atoms with Gasteiger partial charge in [-0.05, 0) is 11.6 Å². The number of hydrogen-bond donors (Lipinski definition) is 2. The van der Waals surface area contributed by atoms with Crippen molar-refractivity contribution in [3.63, 3.8) is 0 Å². The summed E-state index contributed by atoms with van der Waals surface area (Å²) < 4.78 is 4.81. The third kappa shape index (κ3) is 2.57. The largest absolute Gasteiger partial charge is 0.472 e. The Labute approximate surface area is 104 Å². The number of nitrogens with two attached hydrogens (primary N) is 1. The summed E-state index contributed by atoms with van der Waals surface area (Å²) in [7, 11) is 0. The Balaban J connectivity index is 2.18. The maximum absolute atomic E-state index is 11.8. The van der Waals surface area contributed by atoms with Crippen LogP contribution in [-0.4, -0.2) is 11.8 Å². The van der Waals surface area contributed by atoms with Crippen molar-refractivity contribution in [1.29, 1.82) is 0 Å². The molecule has 0 aliphatic carbocycles. The Hall–Kier alpha value is -2.56. The lowest BCUT2D eigenvalue weighted by atomic mass is 10.1. The van der Waals surface area contributed by atoms with Crippen LogP contribution in [0.25, 0.3) is 0 Å². The van der Waals surface area contributed by atoms with Crippen molar-refractivity contribution in [2.24, 2.45) is 5.73 Å². The molecule has 0 aliphatic heterocycles. The Kier molecular flexibility index (Phi) is 3.43. The number of carbonyl (C=O) groups is 2. The highest BCUT2D eigenvalue weighted by Crippen LogP contribution is 2.13. The van der Waals surface area contributed by atoms with E-state index in [2.05, 4.69) is 5.32 Å². The lowest BCUT2D eigenvalue weighted by Crippen LogP contribution is -2.37. The highest BCUT2D eigenvalue weighted by atomic mass is 16.3. The zero-order valence-corrected chi connectivity index (χ0v) is 9.50. The summed E-state index contributed by atoms with van der Waals surface area (Å²) in [6.07, 6.45) is 2.69. The fourth-order valence-corrected chi connectivity index (χ4v) is 1.57. The van der Waals surface area contributed by atoms with Gasteiger partial charge in [-0.1, -0.05) is 30.3 Å². The van der Waals surface area contributed by atoms with E-state index >= 15 is 0 Å². The topological polar surface area (TPSA) is 85.3 Å². The lowest BCUT2D eigenvalue weighted by molar-refractivity contribution is -0.120. The molecular weight excluding hydrogens is 232 g/mol. The molecule has 1 unspecified atom stereocenters.